The normalized spacial score (nSPS) is 10.7. The maximum Gasteiger partial charge on any atom is 0.262 e. The van der Waals surface area contributed by atoms with Gasteiger partial charge in [0.25, 0.3) is 5.56 Å². The average Bonchev–Trinajstić information content (AvgIpc) is 2.71. The molecule has 1 heterocycles. The van der Waals surface area contributed by atoms with Gasteiger partial charge in [-0.15, -0.1) is 0 Å². The third kappa shape index (κ3) is 4.31. The van der Waals surface area contributed by atoms with Crippen LogP contribution in [0.25, 0.3) is 10.9 Å². The summed E-state index contributed by atoms with van der Waals surface area (Å²) >= 11 is 1.26. The van der Waals surface area contributed by atoms with Crippen molar-refractivity contribution >= 4 is 28.6 Å². The predicted octanol–water partition coefficient (Wildman–Crippen LogP) is 2.83. The van der Waals surface area contributed by atoms with E-state index >= 15 is 0 Å². The summed E-state index contributed by atoms with van der Waals surface area (Å²) in [6.45, 7) is 2.78. The molecule has 0 saturated heterocycles. The van der Waals surface area contributed by atoms with Crippen LogP contribution in [-0.4, -0.2) is 28.3 Å². The fourth-order valence-electron chi connectivity index (χ4n) is 2.76. The fraction of sp³-hybridized carbons (Fsp3) is 0.250. The van der Waals surface area contributed by atoms with Crippen LogP contribution in [0.2, 0.25) is 0 Å². The summed E-state index contributed by atoms with van der Waals surface area (Å²) in [5, 5.41) is 4.02. The number of aromatic nitrogens is 2. The Bertz CT molecular complexity index is 1020. The molecule has 1 N–H and O–H groups in total. The lowest BCUT2D eigenvalue weighted by Crippen LogP contribution is -2.26. The molecule has 7 heteroatoms. The molecular weight excluding hydrogens is 362 g/mol. The summed E-state index contributed by atoms with van der Waals surface area (Å²) in [4.78, 5) is 29.4. The van der Waals surface area contributed by atoms with Crippen molar-refractivity contribution in [3.8, 4) is 5.75 Å². The first kappa shape index (κ1) is 19.0. The molecule has 0 radical (unpaired) electrons. The Hall–Kier alpha value is -2.80. The number of carbonyl (C=O) groups excluding carboxylic acids is 1. The zero-order chi connectivity index (χ0) is 19.2. The Balaban J connectivity index is 1.69. The highest BCUT2D eigenvalue weighted by molar-refractivity contribution is 7.99. The molecule has 6 nitrogen and oxygen atoms in total. The molecule has 2 aromatic carbocycles. The van der Waals surface area contributed by atoms with Crippen molar-refractivity contribution in [2.45, 2.75) is 25.2 Å². The van der Waals surface area contributed by atoms with Gasteiger partial charge in [-0.2, -0.15) is 0 Å². The van der Waals surface area contributed by atoms with Gasteiger partial charge in [-0.05, 0) is 25.1 Å². The fourth-order valence-corrected chi connectivity index (χ4v) is 3.65. The highest BCUT2D eigenvalue weighted by atomic mass is 32.2. The topological polar surface area (TPSA) is 73.2 Å². The largest absolute Gasteiger partial charge is 0.496 e. The standard InChI is InChI=1S/C20H21N3O3S/c1-3-23-19(25)15-9-5-6-10-16(15)22-20(23)27-13-18(24)21-12-14-8-4-7-11-17(14)26-2/h4-11H,3,12-13H2,1-2H3,(H,21,24). The summed E-state index contributed by atoms with van der Waals surface area (Å²) in [5.74, 6) is 0.789. The molecule has 3 rings (SSSR count). The second-order valence-corrected chi connectivity index (χ2v) is 6.78. The van der Waals surface area contributed by atoms with E-state index in [1.54, 1.807) is 17.7 Å². The SMILES string of the molecule is CCn1c(SCC(=O)NCc2ccccc2OC)nc2ccccc2c1=O. The van der Waals surface area contributed by atoms with E-state index in [1.165, 1.54) is 11.8 Å². The van der Waals surface area contributed by atoms with E-state index in [2.05, 4.69) is 10.3 Å². The maximum atomic E-state index is 12.6. The van der Waals surface area contributed by atoms with Gasteiger partial charge in [0, 0.05) is 18.7 Å². The smallest absolute Gasteiger partial charge is 0.262 e. The number of nitrogens with zero attached hydrogens (tertiary/aromatic N) is 2. The number of para-hydroxylation sites is 2. The van der Waals surface area contributed by atoms with Crippen molar-refractivity contribution in [2.24, 2.45) is 0 Å². The first-order valence-electron chi connectivity index (χ1n) is 8.65. The van der Waals surface area contributed by atoms with Crippen LogP contribution >= 0.6 is 11.8 Å². The molecule has 27 heavy (non-hydrogen) atoms. The molecule has 3 aromatic rings. The Morgan fingerprint density at radius 3 is 2.70 bits per heavy atom. The predicted molar refractivity (Wildman–Crippen MR) is 107 cm³/mol. The van der Waals surface area contributed by atoms with Gasteiger partial charge in [-0.3, -0.25) is 14.2 Å². The third-order valence-electron chi connectivity index (χ3n) is 4.14. The Morgan fingerprint density at radius 2 is 1.93 bits per heavy atom. The van der Waals surface area contributed by atoms with Crippen molar-refractivity contribution in [3.63, 3.8) is 0 Å². The number of nitrogens with one attached hydrogen (secondary N) is 1. The van der Waals surface area contributed by atoms with E-state index in [1.807, 2.05) is 49.4 Å². The van der Waals surface area contributed by atoms with Gasteiger partial charge in [0.2, 0.25) is 5.91 Å². The van der Waals surface area contributed by atoms with Crippen molar-refractivity contribution in [3.05, 3.63) is 64.4 Å². The van der Waals surface area contributed by atoms with Crippen LogP contribution < -0.4 is 15.6 Å². The number of hydrogen-bond acceptors (Lipinski definition) is 5. The highest BCUT2D eigenvalue weighted by Gasteiger charge is 2.12. The first-order valence-corrected chi connectivity index (χ1v) is 9.63. The highest BCUT2D eigenvalue weighted by Crippen LogP contribution is 2.19. The van der Waals surface area contributed by atoms with E-state index < -0.39 is 0 Å². The molecule has 140 valence electrons. The van der Waals surface area contributed by atoms with Crippen LogP contribution in [0.15, 0.2) is 58.5 Å². The minimum atomic E-state index is -0.129. The van der Waals surface area contributed by atoms with Gasteiger partial charge in [0.1, 0.15) is 5.75 Å². The van der Waals surface area contributed by atoms with Crippen LogP contribution in [-0.2, 0) is 17.9 Å². The van der Waals surface area contributed by atoms with E-state index in [4.69, 9.17) is 4.74 Å². The summed E-state index contributed by atoms with van der Waals surface area (Å²) < 4.78 is 6.88. The Morgan fingerprint density at radius 1 is 1.19 bits per heavy atom. The van der Waals surface area contributed by atoms with Gasteiger partial charge >= 0.3 is 0 Å². The lowest BCUT2D eigenvalue weighted by Gasteiger charge is -2.12. The molecule has 0 bridgehead atoms. The molecular formula is C20H21N3O3S. The van der Waals surface area contributed by atoms with Gasteiger partial charge in [-0.25, -0.2) is 4.98 Å². The van der Waals surface area contributed by atoms with Crippen molar-refractivity contribution in [1.29, 1.82) is 0 Å². The first-order chi connectivity index (χ1) is 13.1. The van der Waals surface area contributed by atoms with Crippen molar-refractivity contribution < 1.29 is 9.53 Å². The van der Waals surface area contributed by atoms with Gasteiger partial charge in [-0.1, -0.05) is 42.1 Å². The number of rotatable bonds is 7. The summed E-state index contributed by atoms with van der Waals surface area (Å²) in [6.07, 6.45) is 0. The number of hydrogen-bond donors (Lipinski definition) is 1. The van der Waals surface area contributed by atoms with Crippen molar-refractivity contribution in [2.75, 3.05) is 12.9 Å². The number of fused-ring (bicyclic) bond motifs is 1. The monoisotopic (exact) mass is 383 g/mol. The average molecular weight is 383 g/mol. The third-order valence-corrected chi connectivity index (χ3v) is 5.12. The molecule has 1 aromatic heterocycles. The zero-order valence-corrected chi connectivity index (χ0v) is 16.1. The van der Waals surface area contributed by atoms with Crippen molar-refractivity contribution in [1.82, 2.24) is 14.9 Å². The summed E-state index contributed by atoms with van der Waals surface area (Å²) in [6, 6.07) is 14.8. The van der Waals surface area contributed by atoms with Gasteiger partial charge < -0.3 is 10.1 Å². The molecule has 0 unspecified atom stereocenters. The van der Waals surface area contributed by atoms with E-state index in [0.29, 0.717) is 29.1 Å². The lowest BCUT2D eigenvalue weighted by atomic mass is 10.2. The van der Waals surface area contributed by atoms with E-state index in [0.717, 1.165) is 11.3 Å². The van der Waals surface area contributed by atoms with E-state index in [-0.39, 0.29) is 17.2 Å². The van der Waals surface area contributed by atoms with Crippen LogP contribution in [0, 0.1) is 0 Å². The van der Waals surface area contributed by atoms with Crippen LogP contribution in [0.1, 0.15) is 12.5 Å². The van der Waals surface area contributed by atoms with Crippen LogP contribution in [0.3, 0.4) is 0 Å². The number of thioether (sulfide) groups is 1. The molecule has 0 aliphatic heterocycles. The molecule has 0 atom stereocenters. The number of benzene rings is 2. The van der Waals surface area contributed by atoms with Gasteiger partial charge in [0.05, 0.1) is 23.8 Å². The summed E-state index contributed by atoms with van der Waals surface area (Å²) in [7, 11) is 1.60. The Kier molecular flexibility index (Phi) is 6.13. The van der Waals surface area contributed by atoms with Crippen LogP contribution in [0.4, 0.5) is 0 Å². The van der Waals surface area contributed by atoms with E-state index in [9.17, 15) is 9.59 Å². The second-order valence-electron chi connectivity index (χ2n) is 5.84. The minimum Gasteiger partial charge on any atom is -0.496 e. The maximum absolute atomic E-state index is 12.6. The van der Waals surface area contributed by atoms with Crippen LogP contribution in [0.5, 0.6) is 5.75 Å². The summed E-state index contributed by atoms with van der Waals surface area (Å²) in [5.41, 5.74) is 1.47. The molecule has 1 amide bonds. The molecule has 0 fully saturated rings. The van der Waals surface area contributed by atoms with Gasteiger partial charge in [0.15, 0.2) is 5.16 Å². The molecule has 0 saturated carbocycles. The molecule has 0 aliphatic rings. The number of methoxy groups -OCH3 is 1. The number of ether oxygens (including phenoxy) is 1. The quantitative estimate of drug-likeness (QED) is 0.502. The molecule has 0 aliphatic carbocycles. The minimum absolute atomic E-state index is 0.0833. The lowest BCUT2D eigenvalue weighted by molar-refractivity contribution is -0.118. The second kappa shape index (κ2) is 8.73. The Labute approximate surface area is 161 Å². The molecule has 0 spiro atoms. The zero-order valence-electron chi connectivity index (χ0n) is 15.3. The number of carbonyl (C=O) groups is 1. The number of amides is 1.